The number of ether oxygens (including phenoxy) is 1. The lowest BCUT2D eigenvalue weighted by Gasteiger charge is -2.18. The largest absolute Gasteiger partial charge is 0.456 e. The molecule has 1 aromatic carbocycles. The third-order valence-corrected chi connectivity index (χ3v) is 3.04. The van der Waals surface area contributed by atoms with Gasteiger partial charge in [0.15, 0.2) is 0 Å². The lowest BCUT2D eigenvalue weighted by Crippen LogP contribution is -2.23. The average Bonchev–Trinajstić information content (AvgIpc) is 2.74. The topological polar surface area (TPSA) is 39.2 Å². The molecule has 0 aliphatic rings. The lowest BCUT2D eigenvalue weighted by molar-refractivity contribution is 0.00752. The number of benzene rings is 1. The first-order valence-electron chi connectivity index (χ1n) is 5.91. The minimum Gasteiger partial charge on any atom is -0.456 e. The molecule has 2 aromatic rings. The molecule has 0 spiro atoms. The smallest absolute Gasteiger partial charge is 0.350 e. The number of hydrogen-bond donors (Lipinski definition) is 0. The highest BCUT2D eigenvalue weighted by molar-refractivity contribution is 7.08. The Hall–Kier alpha value is -1.82. The molecule has 0 unspecified atom stereocenters. The van der Waals surface area contributed by atoms with Gasteiger partial charge in [-0.2, -0.15) is 4.37 Å². The Balaban J connectivity index is 2.27. The fourth-order valence-electron chi connectivity index (χ4n) is 1.54. The molecule has 0 saturated carbocycles. The number of carbonyl (C=O) groups is 1. The van der Waals surface area contributed by atoms with Crippen molar-refractivity contribution in [3.8, 4) is 11.3 Å². The summed E-state index contributed by atoms with van der Waals surface area (Å²) in [6.07, 6.45) is 0. The fraction of sp³-hybridized carbons (Fsp3) is 0.286. The molecule has 0 saturated heterocycles. The van der Waals surface area contributed by atoms with E-state index < -0.39 is 23.2 Å². The number of hydrogen-bond acceptors (Lipinski definition) is 4. The predicted octanol–water partition coefficient (Wildman–Crippen LogP) is 4.04. The van der Waals surface area contributed by atoms with E-state index in [1.54, 1.807) is 20.8 Å². The Morgan fingerprint density at radius 3 is 2.30 bits per heavy atom. The SMILES string of the molecule is CC(C)(C)OC(=O)c1cc(-c2cc(F)cc(F)c2)ns1. The van der Waals surface area contributed by atoms with E-state index in [9.17, 15) is 13.6 Å². The monoisotopic (exact) mass is 297 g/mol. The molecule has 0 aliphatic heterocycles. The third-order valence-electron chi connectivity index (χ3n) is 2.27. The molecule has 0 radical (unpaired) electrons. The molecule has 0 aliphatic carbocycles. The highest BCUT2D eigenvalue weighted by Gasteiger charge is 2.20. The van der Waals surface area contributed by atoms with Crippen molar-refractivity contribution in [3.05, 3.63) is 40.8 Å². The molecular weight excluding hydrogens is 284 g/mol. The van der Waals surface area contributed by atoms with Gasteiger partial charge < -0.3 is 4.74 Å². The molecule has 0 fully saturated rings. The van der Waals surface area contributed by atoms with Gasteiger partial charge in [-0.25, -0.2) is 13.6 Å². The van der Waals surface area contributed by atoms with Gasteiger partial charge in [-0.1, -0.05) is 0 Å². The Labute approximate surface area is 119 Å². The van der Waals surface area contributed by atoms with E-state index in [1.807, 2.05) is 0 Å². The van der Waals surface area contributed by atoms with Crippen LogP contribution >= 0.6 is 11.5 Å². The van der Waals surface area contributed by atoms with Crippen molar-refractivity contribution in [3.63, 3.8) is 0 Å². The van der Waals surface area contributed by atoms with E-state index in [0.717, 1.165) is 29.7 Å². The summed E-state index contributed by atoms with van der Waals surface area (Å²) < 4.78 is 35.5. The Kier molecular flexibility index (Phi) is 3.85. The molecule has 0 amide bonds. The first-order valence-corrected chi connectivity index (χ1v) is 6.68. The van der Waals surface area contributed by atoms with E-state index in [-0.39, 0.29) is 5.56 Å². The quantitative estimate of drug-likeness (QED) is 0.785. The van der Waals surface area contributed by atoms with Gasteiger partial charge in [0, 0.05) is 11.6 Å². The Bertz CT molecular complexity index is 627. The van der Waals surface area contributed by atoms with Crippen molar-refractivity contribution in [2.45, 2.75) is 26.4 Å². The average molecular weight is 297 g/mol. The van der Waals surface area contributed by atoms with Crippen LogP contribution in [0.4, 0.5) is 8.78 Å². The minimum atomic E-state index is -0.688. The maximum atomic E-state index is 13.1. The Morgan fingerprint density at radius 2 is 1.75 bits per heavy atom. The second kappa shape index (κ2) is 5.28. The zero-order valence-electron chi connectivity index (χ0n) is 11.2. The molecule has 0 N–H and O–H groups in total. The molecule has 3 nitrogen and oxygen atoms in total. The van der Waals surface area contributed by atoms with Crippen molar-refractivity contribution >= 4 is 17.5 Å². The highest BCUT2D eigenvalue weighted by atomic mass is 32.1. The molecule has 106 valence electrons. The third kappa shape index (κ3) is 3.60. The van der Waals surface area contributed by atoms with Gasteiger partial charge in [0.25, 0.3) is 0 Å². The molecule has 0 atom stereocenters. The van der Waals surface area contributed by atoms with Crippen molar-refractivity contribution in [1.29, 1.82) is 0 Å². The van der Waals surface area contributed by atoms with Gasteiger partial charge in [0.2, 0.25) is 0 Å². The minimum absolute atomic E-state index is 0.286. The molecule has 1 aromatic heterocycles. The zero-order valence-corrected chi connectivity index (χ0v) is 12.1. The summed E-state index contributed by atoms with van der Waals surface area (Å²) in [4.78, 5) is 12.1. The summed E-state index contributed by atoms with van der Waals surface area (Å²) in [6.45, 7) is 5.28. The molecule has 6 heteroatoms. The van der Waals surface area contributed by atoms with Crippen molar-refractivity contribution in [2.24, 2.45) is 0 Å². The van der Waals surface area contributed by atoms with E-state index in [4.69, 9.17) is 4.74 Å². The van der Waals surface area contributed by atoms with Crippen LogP contribution in [0.1, 0.15) is 30.4 Å². The molecule has 1 heterocycles. The van der Waals surface area contributed by atoms with Gasteiger partial charge in [-0.3, -0.25) is 0 Å². The van der Waals surface area contributed by atoms with Crippen molar-refractivity contribution in [2.75, 3.05) is 0 Å². The normalized spacial score (nSPS) is 11.4. The standard InChI is InChI=1S/C14H13F2NO2S/c1-14(2,3)19-13(18)12-7-11(17-20-12)8-4-9(15)6-10(16)5-8/h4-7H,1-3H3. The van der Waals surface area contributed by atoms with Crippen LogP contribution in [0.15, 0.2) is 24.3 Å². The number of halogens is 2. The van der Waals surface area contributed by atoms with Crippen LogP contribution in [0, 0.1) is 11.6 Å². The summed E-state index contributed by atoms with van der Waals surface area (Å²) >= 11 is 0.935. The number of rotatable bonds is 2. The summed E-state index contributed by atoms with van der Waals surface area (Å²) in [7, 11) is 0. The van der Waals surface area contributed by atoms with Crippen molar-refractivity contribution in [1.82, 2.24) is 4.37 Å². The zero-order chi connectivity index (χ0) is 14.9. The van der Waals surface area contributed by atoms with Gasteiger partial charge in [-0.15, -0.1) is 0 Å². The Morgan fingerprint density at radius 1 is 1.15 bits per heavy atom. The van der Waals surface area contributed by atoms with Crippen molar-refractivity contribution < 1.29 is 18.3 Å². The van der Waals surface area contributed by atoms with Gasteiger partial charge in [0.05, 0.1) is 5.69 Å². The first kappa shape index (κ1) is 14.6. The van der Waals surface area contributed by atoms with Crippen LogP contribution in [-0.2, 0) is 4.74 Å². The van der Waals surface area contributed by atoms with Gasteiger partial charge in [-0.05, 0) is 50.5 Å². The van der Waals surface area contributed by atoms with Crippen LogP contribution < -0.4 is 0 Å². The van der Waals surface area contributed by atoms with E-state index in [1.165, 1.54) is 6.07 Å². The van der Waals surface area contributed by atoms with E-state index in [0.29, 0.717) is 10.6 Å². The highest BCUT2D eigenvalue weighted by Crippen LogP contribution is 2.25. The first-order chi connectivity index (χ1) is 9.24. The summed E-state index contributed by atoms with van der Waals surface area (Å²) in [6, 6.07) is 4.58. The summed E-state index contributed by atoms with van der Waals surface area (Å²) in [5.41, 5.74) is 0.0226. The predicted molar refractivity (Wildman–Crippen MR) is 72.6 cm³/mol. The molecule has 2 rings (SSSR count). The molecule has 0 bridgehead atoms. The maximum absolute atomic E-state index is 13.1. The van der Waals surface area contributed by atoms with Crippen LogP contribution in [0.3, 0.4) is 0 Å². The van der Waals surface area contributed by atoms with Gasteiger partial charge in [0.1, 0.15) is 22.1 Å². The molecule has 20 heavy (non-hydrogen) atoms. The number of aromatic nitrogens is 1. The second-order valence-electron chi connectivity index (χ2n) is 5.24. The number of nitrogens with zero attached hydrogens (tertiary/aromatic N) is 1. The van der Waals surface area contributed by atoms with Crippen LogP contribution in [0.2, 0.25) is 0 Å². The summed E-state index contributed by atoms with van der Waals surface area (Å²) in [5, 5.41) is 0. The maximum Gasteiger partial charge on any atom is 0.350 e. The fourth-order valence-corrected chi connectivity index (χ4v) is 2.17. The summed E-state index contributed by atoms with van der Waals surface area (Å²) in [5.74, 6) is -1.88. The van der Waals surface area contributed by atoms with Gasteiger partial charge >= 0.3 is 5.97 Å². The second-order valence-corrected chi connectivity index (χ2v) is 6.04. The number of carbonyl (C=O) groups excluding carboxylic acids is 1. The number of esters is 1. The lowest BCUT2D eigenvalue weighted by atomic mass is 10.1. The van der Waals surface area contributed by atoms with E-state index in [2.05, 4.69) is 4.37 Å². The van der Waals surface area contributed by atoms with Crippen LogP contribution in [0.5, 0.6) is 0 Å². The van der Waals surface area contributed by atoms with Crippen LogP contribution in [-0.4, -0.2) is 15.9 Å². The molecular formula is C14H13F2NO2S. The van der Waals surface area contributed by atoms with E-state index >= 15 is 0 Å². The van der Waals surface area contributed by atoms with Crippen LogP contribution in [0.25, 0.3) is 11.3 Å².